The van der Waals surface area contributed by atoms with Gasteiger partial charge in [0.1, 0.15) is 0 Å². The maximum atomic E-state index is 13.2. The number of amides is 1. The molecule has 3 heterocycles. The molecule has 1 aromatic carbocycles. The van der Waals surface area contributed by atoms with E-state index in [9.17, 15) is 4.79 Å². The zero-order chi connectivity index (χ0) is 17.2. The van der Waals surface area contributed by atoms with Crippen molar-refractivity contribution in [2.75, 3.05) is 20.1 Å². The monoisotopic (exact) mass is 404 g/mol. The van der Waals surface area contributed by atoms with Crippen LogP contribution in [0.4, 0.5) is 0 Å². The van der Waals surface area contributed by atoms with Crippen LogP contribution in [0.2, 0.25) is 0 Å². The van der Waals surface area contributed by atoms with Crippen LogP contribution in [0.3, 0.4) is 0 Å². The van der Waals surface area contributed by atoms with E-state index in [1.54, 1.807) is 12.4 Å². The first kappa shape index (κ1) is 21.1. The smallest absolute Gasteiger partial charge is 0.254 e. The second kappa shape index (κ2) is 9.13. The molecule has 0 radical (unpaired) electrons. The van der Waals surface area contributed by atoms with E-state index >= 15 is 0 Å². The summed E-state index contributed by atoms with van der Waals surface area (Å²) in [6, 6.07) is 13.8. The first-order valence-electron chi connectivity index (χ1n) is 8.52. The van der Waals surface area contributed by atoms with Crippen molar-refractivity contribution in [1.82, 2.24) is 20.2 Å². The zero-order valence-electron chi connectivity index (χ0n) is 15.0. The Hall–Kier alpha value is -2.21. The molecule has 27 heavy (non-hydrogen) atoms. The van der Waals surface area contributed by atoms with Gasteiger partial charge in [-0.15, -0.1) is 24.8 Å². The lowest BCUT2D eigenvalue weighted by atomic mass is 10.0. The van der Waals surface area contributed by atoms with Gasteiger partial charge in [-0.05, 0) is 37.2 Å². The fourth-order valence-electron chi connectivity index (χ4n) is 3.34. The number of likely N-dealkylation sites (N-methyl/N-ethyl adjacent to an activating group) is 1. The number of pyridine rings is 2. The predicted octanol–water partition coefficient (Wildman–Crippen LogP) is 3.57. The van der Waals surface area contributed by atoms with Gasteiger partial charge in [0.15, 0.2) is 0 Å². The molecule has 0 saturated carbocycles. The van der Waals surface area contributed by atoms with E-state index in [2.05, 4.69) is 10.3 Å². The molecule has 1 unspecified atom stereocenters. The minimum absolute atomic E-state index is 0. The van der Waals surface area contributed by atoms with Gasteiger partial charge in [0.05, 0.1) is 16.8 Å². The fraction of sp³-hybridized carbons (Fsp3) is 0.250. The van der Waals surface area contributed by atoms with Crippen molar-refractivity contribution in [3.63, 3.8) is 0 Å². The van der Waals surface area contributed by atoms with E-state index in [1.165, 1.54) is 0 Å². The summed E-state index contributed by atoms with van der Waals surface area (Å²) in [4.78, 5) is 23.9. The Morgan fingerprint density at radius 3 is 2.70 bits per heavy atom. The zero-order valence-corrected chi connectivity index (χ0v) is 16.6. The molecule has 4 rings (SSSR count). The molecule has 1 atom stereocenters. The summed E-state index contributed by atoms with van der Waals surface area (Å²) in [6.45, 7) is 1.81. The molecular formula is C20H22Cl2N4O. The van der Waals surface area contributed by atoms with Crippen LogP contribution in [0.25, 0.3) is 22.2 Å². The highest BCUT2D eigenvalue weighted by atomic mass is 35.5. The number of benzene rings is 1. The SMILES string of the molecule is CN(C(=O)c1cc(-c2cccnc2)nc2ccccc12)C1CCNC1.Cl.Cl. The third kappa shape index (κ3) is 4.21. The number of carbonyl (C=O) groups excluding carboxylic acids is 1. The fourth-order valence-corrected chi connectivity index (χ4v) is 3.34. The summed E-state index contributed by atoms with van der Waals surface area (Å²) in [5.74, 6) is 0.0393. The normalized spacial score (nSPS) is 15.7. The van der Waals surface area contributed by atoms with Gasteiger partial charge >= 0.3 is 0 Å². The Labute approximate surface area is 171 Å². The van der Waals surface area contributed by atoms with Crippen molar-refractivity contribution in [1.29, 1.82) is 0 Å². The first-order chi connectivity index (χ1) is 12.2. The topological polar surface area (TPSA) is 58.1 Å². The third-order valence-corrected chi connectivity index (χ3v) is 4.81. The molecule has 142 valence electrons. The minimum Gasteiger partial charge on any atom is -0.337 e. The number of para-hydroxylation sites is 1. The number of nitrogens with zero attached hydrogens (tertiary/aromatic N) is 3. The van der Waals surface area contributed by atoms with Crippen LogP contribution in [0, 0.1) is 0 Å². The van der Waals surface area contributed by atoms with Gasteiger partial charge in [-0.2, -0.15) is 0 Å². The van der Waals surface area contributed by atoms with E-state index in [0.717, 1.165) is 41.7 Å². The molecule has 5 nitrogen and oxygen atoms in total. The molecule has 1 aliphatic rings. The summed E-state index contributed by atoms with van der Waals surface area (Å²) in [7, 11) is 1.89. The Morgan fingerprint density at radius 2 is 2.00 bits per heavy atom. The highest BCUT2D eigenvalue weighted by Gasteiger charge is 2.25. The molecule has 1 saturated heterocycles. The van der Waals surface area contributed by atoms with Crippen LogP contribution < -0.4 is 5.32 Å². The lowest BCUT2D eigenvalue weighted by Gasteiger charge is -2.24. The molecule has 0 aliphatic carbocycles. The van der Waals surface area contributed by atoms with E-state index in [1.807, 2.05) is 54.4 Å². The number of hydrogen-bond acceptors (Lipinski definition) is 4. The largest absolute Gasteiger partial charge is 0.337 e. The Morgan fingerprint density at radius 1 is 1.19 bits per heavy atom. The summed E-state index contributed by atoms with van der Waals surface area (Å²) in [6.07, 6.45) is 4.49. The van der Waals surface area contributed by atoms with Gasteiger partial charge in [0.25, 0.3) is 5.91 Å². The average molecular weight is 405 g/mol. The van der Waals surface area contributed by atoms with E-state index in [4.69, 9.17) is 4.98 Å². The Kier molecular flexibility index (Phi) is 7.13. The van der Waals surface area contributed by atoms with Crippen molar-refractivity contribution in [2.45, 2.75) is 12.5 Å². The molecular weight excluding hydrogens is 383 g/mol. The van der Waals surface area contributed by atoms with Crippen molar-refractivity contribution >= 4 is 41.6 Å². The summed E-state index contributed by atoms with van der Waals surface area (Å²) >= 11 is 0. The van der Waals surface area contributed by atoms with Gasteiger partial charge < -0.3 is 10.2 Å². The maximum absolute atomic E-state index is 13.2. The highest BCUT2D eigenvalue weighted by Crippen LogP contribution is 2.26. The molecule has 1 N–H and O–H groups in total. The molecule has 7 heteroatoms. The van der Waals surface area contributed by atoms with Crippen LogP contribution in [0.1, 0.15) is 16.8 Å². The quantitative estimate of drug-likeness (QED) is 0.724. The number of nitrogens with one attached hydrogen (secondary N) is 1. The molecule has 3 aromatic rings. The molecule has 2 aromatic heterocycles. The number of carbonyl (C=O) groups is 1. The van der Waals surface area contributed by atoms with Crippen LogP contribution >= 0.6 is 24.8 Å². The number of halogens is 2. The van der Waals surface area contributed by atoms with Crippen molar-refractivity contribution in [3.05, 3.63) is 60.4 Å². The van der Waals surface area contributed by atoms with E-state index in [-0.39, 0.29) is 36.8 Å². The Balaban J connectivity index is 0.00000131. The molecule has 1 fully saturated rings. The van der Waals surface area contributed by atoms with E-state index in [0.29, 0.717) is 5.56 Å². The lowest BCUT2D eigenvalue weighted by Crippen LogP contribution is -2.38. The van der Waals surface area contributed by atoms with Gasteiger partial charge in [-0.25, -0.2) is 4.98 Å². The minimum atomic E-state index is 0. The van der Waals surface area contributed by atoms with Gasteiger partial charge in [0.2, 0.25) is 0 Å². The summed E-state index contributed by atoms with van der Waals surface area (Å²) < 4.78 is 0. The van der Waals surface area contributed by atoms with Crippen molar-refractivity contribution in [2.24, 2.45) is 0 Å². The second-order valence-corrected chi connectivity index (χ2v) is 6.38. The van der Waals surface area contributed by atoms with Crippen molar-refractivity contribution < 1.29 is 4.79 Å². The van der Waals surface area contributed by atoms with Crippen LogP contribution in [-0.2, 0) is 0 Å². The van der Waals surface area contributed by atoms with Gasteiger partial charge in [-0.1, -0.05) is 18.2 Å². The highest BCUT2D eigenvalue weighted by molar-refractivity contribution is 6.07. The number of hydrogen-bond donors (Lipinski definition) is 1. The van der Waals surface area contributed by atoms with Gasteiger partial charge in [-0.3, -0.25) is 9.78 Å². The van der Waals surface area contributed by atoms with Crippen LogP contribution in [0.15, 0.2) is 54.9 Å². The Bertz CT molecular complexity index is 914. The van der Waals surface area contributed by atoms with Crippen LogP contribution in [0.5, 0.6) is 0 Å². The maximum Gasteiger partial charge on any atom is 0.254 e. The number of rotatable bonds is 3. The van der Waals surface area contributed by atoms with Crippen molar-refractivity contribution in [3.8, 4) is 11.3 Å². The number of fused-ring (bicyclic) bond motifs is 1. The number of aromatic nitrogens is 2. The second-order valence-electron chi connectivity index (χ2n) is 6.38. The van der Waals surface area contributed by atoms with Gasteiger partial charge in [0, 0.05) is 43.0 Å². The summed E-state index contributed by atoms with van der Waals surface area (Å²) in [5, 5.41) is 4.21. The molecule has 1 aliphatic heterocycles. The first-order valence-corrected chi connectivity index (χ1v) is 8.52. The van der Waals surface area contributed by atoms with E-state index < -0.39 is 0 Å². The third-order valence-electron chi connectivity index (χ3n) is 4.81. The molecule has 0 spiro atoms. The lowest BCUT2D eigenvalue weighted by molar-refractivity contribution is 0.0745. The average Bonchev–Trinajstić information content (AvgIpc) is 3.21. The molecule has 1 amide bonds. The standard InChI is InChI=1S/C20H20N4O.2ClH/c1-24(15-8-10-22-13-15)20(25)17-11-19(14-5-4-9-21-12-14)23-18-7-3-2-6-16(17)18;;/h2-7,9,11-12,15,22H,8,10,13H2,1H3;2*1H. The predicted molar refractivity (Wildman–Crippen MR) is 113 cm³/mol. The molecule has 0 bridgehead atoms. The van der Waals surface area contributed by atoms with Crippen LogP contribution in [-0.4, -0.2) is 47.0 Å². The summed E-state index contributed by atoms with van der Waals surface area (Å²) in [5.41, 5.74) is 3.20.